The van der Waals surface area contributed by atoms with Gasteiger partial charge in [-0.25, -0.2) is 4.98 Å². The molecule has 1 saturated carbocycles. The minimum absolute atomic E-state index is 0.0602. The standard InChI is InChI=1S/C23H30ClN5O2/c1-3-15-5-7-18(27-22(15)30)16-4-6-17(14-16)28-10-12-29(13-11-28)20-9-8-19(23(31)25-2)26-21(20)24/h5,7-9,16-17H,3-4,6,10-14H2,1-2H3,(H,25,31)(H,27,30)/t16-,17+/m1/s1. The molecule has 1 saturated heterocycles. The molecule has 31 heavy (non-hydrogen) atoms. The lowest BCUT2D eigenvalue weighted by molar-refractivity contribution is 0.0958. The number of rotatable bonds is 5. The molecule has 0 unspecified atom stereocenters. The van der Waals surface area contributed by atoms with Crippen molar-refractivity contribution in [3.63, 3.8) is 0 Å². The first-order valence-electron chi connectivity index (χ1n) is 11.1. The van der Waals surface area contributed by atoms with Crippen LogP contribution in [0.5, 0.6) is 0 Å². The highest BCUT2D eigenvalue weighted by Crippen LogP contribution is 2.36. The highest BCUT2D eigenvalue weighted by atomic mass is 35.5. The van der Waals surface area contributed by atoms with E-state index in [0.717, 1.165) is 68.8 Å². The first-order chi connectivity index (χ1) is 15.0. The maximum atomic E-state index is 12.2. The van der Waals surface area contributed by atoms with E-state index in [9.17, 15) is 9.59 Å². The van der Waals surface area contributed by atoms with Crippen molar-refractivity contribution in [2.45, 2.75) is 44.6 Å². The molecule has 2 aromatic heterocycles. The maximum absolute atomic E-state index is 12.2. The molecule has 2 fully saturated rings. The number of pyridine rings is 2. The molecule has 2 aromatic rings. The molecule has 0 spiro atoms. The van der Waals surface area contributed by atoms with Crippen LogP contribution in [0, 0.1) is 0 Å². The van der Waals surface area contributed by atoms with Crippen molar-refractivity contribution in [2.75, 3.05) is 38.1 Å². The van der Waals surface area contributed by atoms with Gasteiger partial charge in [-0.2, -0.15) is 0 Å². The fourth-order valence-electron chi connectivity index (χ4n) is 4.85. The van der Waals surface area contributed by atoms with E-state index in [1.165, 1.54) is 0 Å². The fourth-order valence-corrected chi connectivity index (χ4v) is 5.13. The van der Waals surface area contributed by atoms with E-state index in [1.807, 2.05) is 19.1 Å². The van der Waals surface area contributed by atoms with Gasteiger partial charge < -0.3 is 15.2 Å². The van der Waals surface area contributed by atoms with Crippen LogP contribution in [0.2, 0.25) is 5.15 Å². The summed E-state index contributed by atoms with van der Waals surface area (Å²) >= 11 is 6.37. The molecule has 4 rings (SSSR count). The van der Waals surface area contributed by atoms with Crippen LogP contribution in [0.3, 0.4) is 0 Å². The molecule has 1 aliphatic heterocycles. The van der Waals surface area contributed by atoms with E-state index in [1.54, 1.807) is 13.1 Å². The second-order valence-corrected chi connectivity index (χ2v) is 8.75. The van der Waals surface area contributed by atoms with Gasteiger partial charge in [0.05, 0.1) is 5.69 Å². The van der Waals surface area contributed by atoms with Crippen LogP contribution < -0.4 is 15.8 Å². The Morgan fingerprint density at radius 3 is 2.61 bits per heavy atom. The average molecular weight is 444 g/mol. The Morgan fingerprint density at radius 1 is 1.19 bits per heavy atom. The number of aryl methyl sites for hydroxylation is 1. The molecule has 2 N–H and O–H groups in total. The van der Waals surface area contributed by atoms with E-state index in [4.69, 9.17) is 11.6 Å². The smallest absolute Gasteiger partial charge is 0.269 e. The number of H-pyrrole nitrogens is 1. The number of halogens is 1. The van der Waals surface area contributed by atoms with Gasteiger partial charge in [0.2, 0.25) is 0 Å². The Labute approximate surface area is 187 Å². The first-order valence-corrected chi connectivity index (χ1v) is 11.5. The molecular weight excluding hydrogens is 414 g/mol. The Hall–Kier alpha value is -2.38. The summed E-state index contributed by atoms with van der Waals surface area (Å²) < 4.78 is 0. The Kier molecular flexibility index (Phi) is 6.62. The quantitative estimate of drug-likeness (QED) is 0.694. The minimum Gasteiger partial charge on any atom is -0.366 e. The van der Waals surface area contributed by atoms with Gasteiger partial charge >= 0.3 is 0 Å². The highest BCUT2D eigenvalue weighted by molar-refractivity contribution is 6.32. The predicted molar refractivity (Wildman–Crippen MR) is 123 cm³/mol. The number of piperazine rings is 1. The van der Waals surface area contributed by atoms with Crippen LogP contribution in [0.1, 0.15) is 53.8 Å². The zero-order valence-corrected chi connectivity index (χ0v) is 18.9. The number of anilines is 1. The number of hydrogen-bond acceptors (Lipinski definition) is 5. The first kappa shape index (κ1) is 21.8. The monoisotopic (exact) mass is 443 g/mol. The lowest BCUT2D eigenvalue weighted by Gasteiger charge is -2.39. The summed E-state index contributed by atoms with van der Waals surface area (Å²) in [6, 6.07) is 8.23. The zero-order chi connectivity index (χ0) is 22.0. The molecule has 2 atom stereocenters. The summed E-state index contributed by atoms with van der Waals surface area (Å²) in [6.07, 6.45) is 4.13. The fraction of sp³-hybridized carbons (Fsp3) is 0.522. The zero-order valence-electron chi connectivity index (χ0n) is 18.2. The second-order valence-electron chi connectivity index (χ2n) is 8.39. The predicted octanol–water partition coefficient (Wildman–Crippen LogP) is 2.80. The van der Waals surface area contributed by atoms with E-state index in [-0.39, 0.29) is 11.5 Å². The van der Waals surface area contributed by atoms with Crippen molar-refractivity contribution >= 4 is 23.2 Å². The third kappa shape index (κ3) is 4.62. The number of aromatic amines is 1. The van der Waals surface area contributed by atoms with Crippen LogP contribution in [-0.4, -0.2) is 60.0 Å². The van der Waals surface area contributed by atoms with Crippen molar-refractivity contribution in [1.82, 2.24) is 20.2 Å². The maximum Gasteiger partial charge on any atom is 0.269 e. The molecule has 166 valence electrons. The molecule has 3 heterocycles. The normalized spacial score (nSPS) is 22.0. The van der Waals surface area contributed by atoms with Crippen LogP contribution in [0.15, 0.2) is 29.1 Å². The van der Waals surface area contributed by atoms with Gasteiger partial charge in [0, 0.05) is 56.4 Å². The second kappa shape index (κ2) is 9.40. The summed E-state index contributed by atoms with van der Waals surface area (Å²) in [4.78, 5) is 36.1. The van der Waals surface area contributed by atoms with Gasteiger partial charge in [-0.05, 0) is 43.9 Å². The number of hydrogen-bond donors (Lipinski definition) is 2. The molecule has 0 radical (unpaired) electrons. The molecule has 1 aliphatic carbocycles. The summed E-state index contributed by atoms with van der Waals surface area (Å²) in [6.45, 7) is 5.70. The molecular formula is C23H30ClN5O2. The lowest BCUT2D eigenvalue weighted by atomic mass is 10.0. The summed E-state index contributed by atoms with van der Waals surface area (Å²) in [5.74, 6) is 0.192. The van der Waals surface area contributed by atoms with Gasteiger partial charge in [0.1, 0.15) is 5.69 Å². The van der Waals surface area contributed by atoms with Crippen LogP contribution in [-0.2, 0) is 6.42 Å². The third-order valence-electron chi connectivity index (χ3n) is 6.70. The molecule has 7 nitrogen and oxygen atoms in total. The Bertz CT molecular complexity index is 1000. The van der Waals surface area contributed by atoms with Crippen molar-refractivity contribution in [2.24, 2.45) is 0 Å². The van der Waals surface area contributed by atoms with Crippen molar-refractivity contribution in [1.29, 1.82) is 0 Å². The lowest BCUT2D eigenvalue weighted by Crippen LogP contribution is -2.50. The van der Waals surface area contributed by atoms with E-state index in [0.29, 0.717) is 22.8 Å². The van der Waals surface area contributed by atoms with Crippen molar-refractivity contribution in [3.05, 3.63) is 56.7 Å². The van der Waals surface area contributed by atoms with E-state index in [2.05, 4.69) is 31.2 Å². The van der Waals surface area contributed by atoms with Crippen LogP contribution in [0.4, 0.5) is 5.69 Å². The molecule has 0 aromatic carbocycles. The molecule has 2 aliphatic rings. The van der Waals surface area contributed by atoms with Gasteiger partial charge in [-0.1, -0.05) is 24.6 Å². The van der Waals surface area contributed by atoms with Crippen molar-refractivity contribution < 1.29 is 4.79 Å². The topological polar surface area (TPSA) is 81.3 Å². The number of carbonyl (C=O) groups is 1. The van der Waals surface area contributed by atoms with Gasteiger partial charge in [-0.15, -0.1) is 0 Å². The summed E-state index contributed by atoms with van der Waals surface area (Å²) in [7, 11) is 1.58. The number of carbonyl (C=O) groups excluding carboxylic acids is 1. The molecule has 8 heteroatoms. The SMILES string of the molecule is CCc1ccc([C@@H]2CC[C@H](N3CCN(c4ccc(C(=O)NC)nc4Cl)CC3)C2)[nH]c1=O. The Balaban J connectivity index is 1.35. The largest absolute Gasteiger partial charge is 0.366 e. The average Bonchev–Trinajstić information content (AvgIpc) is 3.29. The van der Waals surface area contributed by atoms with Gasteiger partial charge in [-0.3, -0.25) is 14.5 Å². The number of nitrogens with zero attached hydrogens (tertiary/aromatic N) is 3. The van der Waals surface area contributed by atoms with E-state index < -0.39 is 0 Å². The molecule has 1 amide bonds. The van der Waals surface area contributed by atoms with Gasteiger partial charge in [0.15, 0.2) is 5.15 Å². The number of amides is 1. The van der Waals surface area contributed by atoms with Crippen molar-refractivity contribution in [3.8, 4) is 0 Å². The number of aromatic nitrogens is 2. The van der Waals surface area contributed by atoms with Gasteiger partial charge in [0.25, 0.3) is 11.5 Å². The highest BCUT2D eigenvalue weighted by Gasteiger charge is 2.32. The van der Waals surface area contributed by atoms with Crippen LogP contribution >= 0.6 is 11.6 Å². The third-order valence-corrected chi connectivity index (χ3v) is 6.98. The van der Waals surface area contributed by atoms with Crippen LogP contribution in [0.25, 0.3) is 0 Å². The molecule has 0 bridgehead atoms. The van der Waals surface area contributed by atoms with E-state index >= 15 is 0 Å². The Morgan fingerprint density at radius 2 is 1.97 bits per heavy atom. The summed E-state index contributed by atoms with van der Waals surface area (Å²) in [5.41, 5.74) is 3.21. The number of nitrogens with one attached hydrogen (secondary N) is 2. The minimum atomic E-state index is -0.236. The summed E-state index contributed by atoms with van der Waals surface area (Å²) in [5, 5.41) is 2.94.